The van der Waals surface area contributed by atoms with Crippen LogP contribution in [0.4, 0.5) is 5.82 Å². The van der Waals surface area contributed by atoms with Crippen molar-refractivity contribution in [1.29, 1.82) is 0 Å². The van der Waals surface area contributed by atoms with Gasteiger partial charge in [0, 0.05) is 58.7 Å². The molecule has 26 heavy (non-hydrogen) atoms. The van der Waals surface area contributed by atoms with Crippen LogP contribution in [0.25, 0.3) is 11.3 Å². The number of aromatic nitrogens is 3. The molecule has 0 saturated heterocycles. The molecule has 3 aromatic heterocycles. The normalized spacial score (nSPS) is 15.8. The largest absolute Gasteiger partial charge is 0.384 e. The van der Waals surface area contributed by atoms with E-state index in [1.807, 2.05) is 30.6 Å². The molecule has 0 fully saturated rings. The highest BCUT2D eigenvalue weighted by Crippen LogP contribution is 2.44. The van der Waals surface area contributed by atoms with Gasteiger partial charge in [-0.1, -0.05) is 11.8 Å². The van der Waals surface area contributed by atoms with E-state index in [-0.39, 0.29) is 18.4 Å². The fourth-order valence-corrected chi connectivity index (χ4v) is 4.14. The van der Waals surface area contributed by atoms with Gasteiger partial charge in [-0.2, -0.15) is 5.10 Å². The number of hydrogen-bond acceptors (Lipinski definition) is 5. The molecule has 0 aromatic carbocycles. The predicted octanol–water partition coefficient (Wildman–Crippen LogP) is 2.36. The van der Waals surface area contributed by atoms with E-state index in [0.29, 0.717) is 6.42 Å². The summed E-state index contributed by atoms with van der Waals surface area (Å²) >= 11 is 1.57. The fraction of sp³-hybridized carbons (Fsp3) is 0.211. The first-order valence-electron chi connectivity index (χ1n) is 8.12. The summed E-state index contributed by atoms with van der Waals surface area (Å²) in [6.45, 7) is -0.172. The summed E-state index contributed by atoms with van der Waals surface area (Å²) < 4.78 is 1.71. The second kappa shape index (κ2) is 6.75. The Hall–Kier alpha value is -2.95. The number of nitrogens with zero attached hydrogens (tertiary/aromatic N) is 3. The molecule has 2 N–H and O–H groups in total. The Balaban J connectivity index is 1.84. The molecule has 0 spiro atoms. The summed E-state index contributed by atoms with van der Waals surface area (Å²) in [6, 6.07) is 5.83. The van der Waals surface area contributed by atoms with E-state index in [1.165, 1.54) is 0 Å². The van der Waals surface area contributed by atoms with Crippen LogP contribution >= 0.6 is 11.3 Å². The molecule has 4 rings (SSSR count). The zero-order valence-corrected chi connectivity index (χ0v) is 14.9. The molecule has 7 heteroatoms. The topological polar surface area (TPSA) is 80.0 Å². The first kappa shape index (κ1) is 16.5. The monoisotopic (exact) mass is 364 g/mol. The molecule has 1 aliphatic heterocycles. The number of pyridine rings is 1. The second-order valence-corrected chi connectivity index (χ2v) is 6.92. The maximum Gasteiger partial charge on any atom is 0.226 e. The number of aliphatic hydroxyl groups excluding tert-OH is 1. The van der Waals surface area contributed by atoms with Gasteiger partial charge in [-0.3, -0.25) is 14.5 Å². The number of carbonyl (C=O) groups is 1. The zero-order valence-electron chi connectivity index (χ0n) is 14.1. The van der Waals surface area contributed by atoms with E-state index >= 15 is 0 Å². The van der Waals surface area contributed by atoms with E-state index < -0.39 is 0 Å². The summed E-state index contributed by atoms with van der Waals surface area (Å²) in [4.78, 5) is 17.5. The first-order valence-corrected chi connectivity index (χ1v) is 9.00. The molecule has 1 atom stereocenters. The minimum atomic E-state index is -0.172. The SMILES string of the molecule is Cn1nc(-c2cccnc2)c2c1NC(=O)C[C@H]2c1cc(C#CCO)cs1. The van der Waals surface area contributed by atoms with Crippen molar-refractivity contribution >= 4 is 23.1 Å². The molecule has 3 aromatic rings. The van der Waals surface area contributed by atoms with Crippen molar-refractivity contribution in [2.24, 2.45) is 7.05 Å². The third-order valence-corrected chi connectivity index (χ3v) is 5.34. The molecule has 0 saturated carbocycles. The van der Waals surface area contributed by atoms with Crippen molar-refractivity contribution in [1.82, 2.24) is 14.8 Å². The molecular weight excluding hydrogens is 348 g/mol. The lowest BCUT2D eigenvalue weighted by Crippen LogP contribution is -2.24. The van der Waals surface area contributed by atoms with Crippen LogP contribution in [0, 0.1) is 11.8 Å². The van der Waals surface area contributed by atoms with Crippen molar-refractivity contribution in [3.63, 3.8) is 0 Å². The quantitative estimate of drug-likeness (QED) is 0.684. The summed E-state index contributed by atoms with van der Waals surface area (Å²) in [7, 11) is 1.83. The Morgan fingerprint density at radius 2 is 2.38 bits per heavy atom. The van der Waals surface area contributed by atoms with Gasteiger partial charge in [0.1, 0.15) is 12.4 Å². The standard InChI is InChI=1S/C19H16N4O2S/c1-23-19-17(18(22-23)13-5-2-6-20-10-13)14(9-16(25)21-19)15-8-12(11-26-15)4-3-7-24/h2,5-6,8,10-11,14,24H,7,9H2,1H3,(H,21,25)/t14-/m0/s1. The number of aryl methyl sites for hydroxylation is 1. The third-order valence-electron chi connectivity index (χ3n) is 4.29. The molecule has 0 bridgehead atoms. The Morgan fingerprint density at radius 1 is 1.50 bits per heavy atom. The number of anilines is 1. The molecular formula is C19H16N4O2S. The smallest absolute Gasteiger partial charge is 0.226 e. The lowest BCUT2D eigenvalue weighted by molar-refractivity contribution is -0.116. The fourth-order valence-electron chi connectivity index (χ4n) is 3.19. The van der Waals surface area contributed by atoms with Crippen molar-refractivity contribution < 1.29 is 9.90 Å². The van der Waals surface area contributed by atoms with Gasteiger partial charge in [-0.15, -0.1) is 11.3 Å². The van der Waals surface area contributed by atoms with Gasteiger partial charge >= 0.3 is 0 Å². The van der Waals surface area contributed by atoms with Gasteiger partial charge in [-0.25, -0.2) is 0 Å². The Morgan fingerprint density at radius 3 is 3.15 bits per heavy atom. The van der Waals surface area contributed by atoms with E-state index in [4.69, 9.17) is 5.11 Å². The molecule has 6 nitrogen and oxygen atoms in total. The van der Waals surface area contributed by atoms with E-state index in [2.05, 4.69) is 27.2 Å². The molecule has 4 heterocycles. The first-order chi connectivity index (χ1) is 12.7. The molecule has 130 valence electrons. The minimum Gasteiger partial charge on any atom is -0.384 e. The van der Waals surface area contributed by atoms with Gasteiger partial charge in [0.2, 0.25) is 5.91 Å². The lowest BCUT2D eigenvalue weighted by Gasteiger charge is -2.23. The van der Waals surface area contributed by atoms with Crippen LogP contribution in [0.2, 0.25) is 0 Å². The number of thiophene rings is 1. The molecule has 0 aliphatic carbocycles. The van der Waals surface area contributed by atoms with Crippen LogP contribution < -0.4 is 5.32 Å². The number of carbonyl (C=O) groups excluding carboxylic acids is 1. The molecule has 1 aliphatic rings. The zero-order chi connectivity index (χ0) is 18.1. The van der Waals surface area contributed by atoms with Crippen LogP contribution in [0.3, 0.4) is 0 Å². The average Bonchev–Trinajstić information content (AvgIpc) is 3.25. The maximum absolute atomic E-state index is 12.3. The number of amides is 1. The summed E-state index contributed by atoms with van der Waals surface area (Å²) in [5.74, 6) is 6.19. The third kappa shape index (κ3) is 2.90. The summed E-state index contributed by atoms with van der Waals surface area (Å²) in [5, 5.41) is 18.4. The highest BCUT2D eigenvalue weighted by Gasteiger charge is 2.34. The summed E-state index contributed by atoms with van der Waals surface area (Å²) in [5.41, 5.74) is 3.60. The minimum absolute atomic E-state index is 0.0281. The lowest BCUT2D eigenvalue weighted by atomic mass is 9.88. The van der Waals surface area contributed by atoms with E-state index in [1.54, 1.807) is 28.4 Å². The number of aliphatic hydroxyl groups is 1. The molecule has 0 unspecified atom stereocenters. The van der Waals surface area contributed by atoms with Gasteiger partial charge < -0.3 is 10.4 Å². The van der Waals surface area contributed by atoms with Crippen molar-refractivity contribution in [2.75, 3.05) is 11.9 Å². The van der Waals surface area contributed by atoms with E-state index in [9.17, 15) is 4.79 Å². The number of nitrogens with one attached hydrogen (secondary N) is 1. The maximum atomic E-state index is 12.3. The van der Waals surface area contributed by atoms with Crippen molar-refractivity contribution in [3.05, 3.63) is 52.0 Å². The van der Waals surface area contributed by atoms with E-state index in [0.717, 1.165) is 33.1 Å². The van der Waals surface area contributed by atoms with Crippen LogP contribution in [0.15, 0.2) is 36.0 Å². The Kier molecular flexibility index (Phi) is 4.29. The van der Waals surface area contributed by atoms with Crippen molar-refractivity contribution in [3.8, 4) is 23.1 Å². The van der Waals surface area contributed by atoms with Crippen LogP contribution in [0.5, 0.6) is 0 Å². The van der Waals surface area contributed by atoms with Crippen LogP contribution in [0.1, 0.15) is 28.3 Å². The van der Waals surface area contributed by atoms with Crippen LogP contribution in [-0.2, 0) is 11.8 Å². The number of fused-ring (bicyclic) bond motifs is 1. The Bertz CT molecular complexity index is 1030. The second-order valence-electron chi connectivity index (χ2n) is 5.98. The average molecular weight is 364 g/mol. The van der Waals surface area contributed by atoms with Gasteiger partial charge in [0.25, 0.3) is 0 Å². The van der Waals surface area contributed by atoms with Gasteiger partial charge in [0.05, 0.1) is 5.69 Å². The number of rotatable bonds is 2. The van der Waals surface area contributed by atoms with Gasteiger partial charge in [-0.05, 0) is 18.2 Å². The van der Waals surface area contributed by atoms with Crippen molar-refractivity contribution in [2.45, 2.75) is 12.3 Å². The molecule has 0 radical (unpaired) electrons. The van der Waals surface area contributed by atoms with Gasteiger partial charge in [0.15, 0.2) is 0 Å². The Labute approximate surface area is 154 Å². The predicted molar refractivity (Wildman–Crippen MR) is 99.8 cm³/mol. The molecule has 1 amide bonds. The highest BCUT2D eigenvalue weighted by atomic mass is 32.1. The highest BCUT2D eigenvalue weighted by molar-refractivity contribution is 7.10. The number of hydrogen-bond donors (Lipinski definition) is 2. The summed E-state index contributed by atoms with van der Waals surface area (Å²) in [6.07, 6.45) is 3.87. The van der Waals surface area contributed by atoms with Crippen LogP contribution in [-0.4, -0.2) is 32.4 Å².